The largest absolute Gasteiger partial charge is 0.357 e. The summed E-state index contributed by atoms with van der Waals surface area (Å²) in [4.78, 5) is 27.9. The molecule has 0 saturated carbocycles. The molecule has 1 atom stereocenters. The van der Waals surface area contributed by atoms with Gasteiger partial charge in [-0.05, 0) is 67.8 Å². The molecule has 2 amide bonds. The second-order valence-electron chi connectivity index (χ2n) is 8.85. The average molecular weight is 526 g/mol. The highest BCUT2D eigenvalue weighted by molar-refractivity contribution is 7.92. The number of carbonyl (C=O) groups is 2. The number of amides is 2. The Morgan fingerprint density at radius 3 is 2.16 bits per heavy atom. The minimum Gasteiger partial charge on any atom is -0.357 e. The number of carbonyl (C=O) groups excluding carboxylic acids is 2. The molecule has 3 aromatic carbocycles. The van der Waals surface area contributed by atoms with E-state index in [1.165, 1.54) is 48.3 Å². The Bertz CT molecular complexity index is 1340. The second kappa shape index (κ2) is 12.0. The summed E-state index contributed by atoms with van der Waals surface area (Å²) in [5.41, 5.74) is 2.68. The van der Waals surface area contributed by atoms with Crippen LogP contribution in [-0.4, -0.2) is 44.8 Å². The van der Waals surface area contributed by atoms with Crippen LogP contribution >= 0.6 is 0 Å². The van der Waals surface area contributed by atoms with Crippen LogP contribution in [0.15, 0.2) is 77.7 Å². The van der Waals surface area contributed by atoms with Gasteiger partial charge in [-0.15, -0.1) is 0 Å². The summed E-state index contributed by atoms with van der Waals surface area (Å²) < 4.78 is 42.1. The van der Waals surface area contributed by atoms with Crippen molar-refractivity contribution in [2.75, 3.05) is 17.9 Å². The fraction of sp³-hybridized carbons (Fsp3) is 0.286. The molecule has 0 spiro atoms. The minimum absolute atomic E-state index is 0.0112. The summed E-state index contributed by atoms with van der Waals surface area (Å²) in [6.45, 7) is 4.95. The number of halogens is 1. The lowest BCUT2D eigenvalue weighted by Crippen LogP contribution is -2.51. The maximum Gasteiger partial charge on any atom is 0.264 e. The zero-order valence-corrected chi connectivity index (χ0v) is 22.3. The van der Waals surface area contributed by atoms with Gasteiger partial charge in [0.05, 0.1) is 10.6 Å². The number of aryl methyl sites for hydroxylation is 2. The van der Waals surface area contributed by atoms with Gasteiger partial charge in [0.25, 0.3) is 10.0 Å². The highest BCUT2D eigenvalue weighted by atomic mass is 32.2. The summed E-state index contributed by atoms with van der Waals surface area (Å²) >= 11 is 0. The normalized spacial score (nSPS) is 12.0. The van der Waals surface area contributed by atoms with Crippen LogP contribution in [0.2, 0.25) is 0 Å². The van der Waals surface area contributed by atoms with Gasteiger partial charge in [-0.2, -0.15) is 0 Å². The molecule has 0 heterocycles. The van der Waals surface area contributed by atoms with Gasteiger partial charge < -0.3 is 10.2 Å². The van der Waals surface area contributed by atoms with E-state index in [9.17, 15) is 22.4 Å². The number of rotatable bonds is 10. The smallest absolute Gasteiger partial charge is 0.264 e. The lowest BCUT2D eigenvalue weighted by Gasteiger charge is -2.33. The predicted octanol–water partition coefficient (Wildman–Crippen LogP) is 4.19. The third-order valence-corrected chi connectivity index (χ3v) is 7.86. The monoisotopic (exact) mass is 525 g/mol. The van der Waals surface area contributed by atoms with Gasteiger partial charge in [0.1, 0.15) is 18.4 Å². The van der Waals surface area contributed by atoms with Gasteiger partial charge in [0.15, 0.2) is 0 Å². The first-order chi connectivity index (χ1) is 17.6. The standard InChI is InChI=1S/C28H32FN3O4S/c1-5-26(28(34)30-4)31(18-22-11-13-23(29)14-12-22)27(33)19-32(24-8-6-7-21(3)17-24)37(35,36)25-15-9-20(2)10-16-25/h6-17,26H,5,18-19H2,1-4H3,(H,30,34)/t26-/m0/s1. The number of likely N-dealkylation sites (N-methyl/N-ethyl adjacent to an activating group) is 1. The molecule has 0 aliphatic carbocycles. The predicted molar refractivity (Wildman–Crippen MR) is 142 cm³/mol. The lowest BCUT2D eigenvalue weighted by molar-refractivity contribution is -0.140. The molecule has 0 aliphatic heterocycles. The molecular formula is C28H32FN3O4S. The van der Waals surface area contributed by atoms with Gasteiger partial charge in [0, 0.05) is 13.6 Å². The molecule has 3 rings (SSSR count). The third-order valence-electron chi connectivity index (χ3n) is 6.08. The van der Waals surface area contributed by atoms with Crippen LogP contribution in [0, 0.1) is 19.7 Å². The first kappa shape index (κ1) is 27.9. The van der Waals surface area contributed by atoms with E-state index in [0.717, 1.165) is 15.4 Å². The van der Waals surface area contributed by atoms with Crippen molar-refractivity contribution in [3.63, 3.8) is 0 Å². The number of nitrogens with one attached hydrogen (secondary N) is 1. The van der Waals surface area contributed by atoms with Crippen molar-refractivity contribution in [3.05, 3.63) is 95.3 Å². The van der Waals surface area contributed by atoms with E-state index < -0.39 is 34.3 Å². The fourth-order valence-corrected chi connectivity index (χ4v) is 5.43. The van der Waals surface area contributed by atoms with Crippen LogP contribution in [0.1, 0.15) is 30.0 Å². The van der Waals surface area contributed by atoms with E-state index in [-0.39, 0.29) is 17.3 Å². The van der Waals surface area contributed by atoms with Crippen molar-refractivity contribution in [2.24, 2.45) is 0 Å². The van der Waals surface area contributed by atoms with Crippen molar-refractivity contribution in [1.82, 2.24) is 10.2 Å². The number of hydrogen-bond acceptors (Lipinski definition) is 4. The van der Waals surface area contributed by atoms with Crippen LogP contribution in [-0.2, 0) is 26.2 Å². The Balaban J connectivity index is 2.05. The van der Waals surface area contributed by atoms with Crippen molar-refractivity contribution in [3.8, 4) is 0 Å². The van der Waals surface area contributed by atoms with E-state index >= 15 is 0 Å². The molecule has 0 bridgehead atoms. The van der Waals surface area contributed by atoms with Crippen LogP contribution in [0.25, 0.3) is 0 Å². The summed E-state index contributed by atoms with van der Waals surface area (Å²) in [6.07, 6.45) is 0.307. The molecule has 3 aromatic rings. The minimum atomic E-state index is -4.12. The maximum absolute atomic E-state index is 13.8. The maximum atomic E-state index is 13.8. The van der Waals surface area contributed by atoms with Crippen molar-refractivity contribution in [2.45, 2.75) is 44.7 Å². The number of anilines is 1. The van der Waals surface area contributed by atoms with E-state index in [0.29, 0.717) is 17.7 Å². The zero-order chi connectivity index (χ0) is 27.2. The third kappa shape index (κ3) is 6.74. The molecule has 0 unspecified atom stereocenters. The Hall–Kier alpha value is -3.72. The summed E-state index contributed by atoms with van der Waals surface area (Å²) in [7, 11) is -2.64. The number of nitrogens with zero attached hydrogens (tertiary/aromatic N) is 2. The quantitative estimate of drug-likeness (QED) is 0.430. The highest BCUT2D eigenvalue weighted by Gasteiger charge is 2.33. The Kier molecular flexibility index (Phi) is 9.04. The van der Waals surface area contributed by atoms with Crippen LogP contribution in [0.5, 0.6) is 0 Å². The molecule has 1 N–H and O–H groups in total. The summed E-state index contributed by atoms with van der Waals surface area (Å²) in [6, 6.07) is 18.1. The number of hydrogen-bond donors (Lipinski definition) is 1. The van der Waals surface area contributed by atoms with Crippen LogP contribution in [0.4, 0.5) is 10.1 Å². The van der Waals surface area contributed by atoms with E-state index in [2.05, 4.69) is 5.32 Å². The van der Waals surface area contributed by atoms with Gasteiger partial charge in [0.2, 0.25) is 11.8 Å². The molecule has 0 aliphatic rings. The van der Waals surface area contributed by atoms with Crippen molar-refractivity contribution < 1.29 is 22.4 Å². The van der Waals surface area contributed by atoms with Gasteiger partial charge in [-0.25, -0.2) is 12.8 Å². The Labute approximate surface area is 218 Å². The topological polar surface area (TPSA) is 86.8 Å². The van der Waals surface area contributed by atoms with Crippen molar-refractivity contribution in [1.29, 1.82) is 0 Å². The Morgan fingerprint density at radius 2 is 1.59 bits per heavy atom. The highest BCUT2D eigenvalue weighted by Crippen LogP contribution is 2.26. The van der Waals surface area contributed by atoms with Crippen LogP contribution < -0.4 is 9.62 Å². The molecule has 9 heteroatoms. The molecule has 0 fully saturated rings. The van der Waals surface area contributed by atoms with E-state index in [1.807, 2.05) is 19.9 Å². The van der Waals surface area contributed by atoms with Crippen LogP contribution in [0.3, 0.4) is 0 Å². The second-order valence-corrected chi connectivity index (χ2v) is 10.7. The first-order valence-electron chi connectivity index (χ1n) is 12.0. The molecule has 0 aromatic heterocycles. The molecule has 196 valence electrons. The SMILES string of the molecule is CC[C@@H](C(=O)NC)N(Cc1ccc(F)cc1)C(=O)CN(c1cccc(C)c1)S(=O)(=O)c1ccc(C)cc1. The zero-order valence-electron chi connectivity index (χ0n) is 21.4. The summed E-state index contributed by atoms with van der Waals surface area (Å²) in [5, 5.41) is 2.58. The summed E-state index contributed by atoms with van der Waals surface area (Å²) in [5.74, 6) is -1.35. The molecule has 0 radical (unpaired) electrons. The molecule has 37 heavy (non-hydrogen) atoms. The van der Waals surface area contributed by atoms with Gasteiger partial charge in [-0.1, -0.05) is 48.9 Å². The van der Waals surface area contributed by atoms with Gasteiger partial charge in [-0.3, -0.25) is 13.9 Å². The molecule has 0 saturated heterocycles. The van der Waals surface area contributed by atoms with Crippen molar-refractivity contribution >= 4 is 27.5 Å². The fourth-order valence-electron chi connectivity index (χ4n) is 4.02. The van der Waals surface area contributed by atoms with E-state index in [4.69, 9.17) is 0 Å². The first-order valence-corrected chi connectivity index (χ1v) is 13.4. The molecular weight excluding hydrogens is 493 g/mol. The average Bonchev–Trinajstić information content (AvgIpc) is 2.88. The number of sulfonamides is 1. The van der Waals surface area contributed by atoms with E-state index in [1.54, 1.807) is 37.3 Å². The Morgan fingerprint density at radius 1 is 0.946 bits per heavy atom. The number of benzene rings is 3. The lowest BCUT2D eigenvalue weighted by atomic mass is 10.1. The van der Waals surface area contributed by atoms with Gasteiger partial charge >= 0.3 is 0 Å². The molecule has 7 nitrogen and oxygen atoms in total.